The monoisotopic (exact) mass is 277 g/mol. The number of allylic oxidation sites excluding steroid dienone is 4. The summed E-state index contributed by atoms with van der Waals surface area (Å²) >= 11 is 0. The summed E-state index contributed by atoms with van der Waals surface area (Å²) in [5, 5.41) is 1.29. The van der Waals surface area contributed by atoms with Gasteiger partial charge in [0, 0.05) is 11.5 Å². The summed E-state index contributed by atoms with van der Waals surface area (Å²) in [6, 6.07) is 8.58. The first-order chi connectivity index (χ1) is 10.3. The highest BCUT2D eigenvalue weighted by Gasteiger charge is 2.26. The standard InChI is InChI=1S/C19H19NO/c1-21-15-9-10-16-17(13-7-8-13)12-18(20-19(16)11-15)14-5-3-2-4-6-14/h2-3,5,9-13H,4,6-8H2,1H3. The molecule has 2 aromatic rings. The van der Waals surface area contributed by atoms with Gasteiger partial charge in [0.15, 0.2) is 0 Å². The SMILES string of the molecule is COc1ccc2c(C3CC3)cc(C3=CC=CCC3)nc2c1. The van der Waals surface area contributed by atoms with Crippen molar-refractivity contribution in [2.24, 2.45) is 0 Å². The van der Waals surface area contributed by atoms with Crippen molar-refractivity contribution in [2.45, 2.75) is 31.6 Å². The molecular formula is C19H19NO. The first-order valence-electron chi connectivity index (χ1n) is 7.70. The van der Waals surface area contributed by atoms with Gasteiger partial charge in [-0.1, -0.05) is 18.2 Å². The van der Waals surface area contributed by atoms with E-state index < -0.39 is 0 Å². The van der Waals surface area contributed by atoms with Crippen LogP contribution in [0.1, 0.15) is 42.9 Å². The van der Waals surface area contributed by atoms with E-state index in [0.717, 1.165) is 35.7 Å². The topological polar surface area (TPSA) is 22.1 Å². The highest BCUT2D eigenvalue weighted by Crippen LogP contribution is 2.44. The minimum Gasteiger partial charge on any atom is -0.497 e. The zero-order valence-corrected chi connectivity index (χ0v) is 12.3. The molecule has 106 valence electrons. The summed E-state index contributed by atoms with van der Waals surface area (Å²) in [4.78, 5) is 4.90. The second-order valence-electron chi connectivity index (χ2n) is 5.91. The highest BCUT2D eigenvalue weighted by molar-refractivity contribution is 5.86. The Hall–Kier alpha value is -2.09. The number of fused-ring (bicyclic) bond motifs is 1. The Bertz CT molecular complexity index is 753. The summed E-state index contributed by atoms with van der Waals surface area (Å²) in [6.07, 6.45) is 11.4. The van der Waals surface area contributed by atoms with E-state index in [1.165, 1.54) is 29.4 Å². The summed E-state index contributed by atoms with van der Waals surface area (Å²) in [5.74, 6) is 1.61. The zero-order chi connectivity index (χ0) is 14.2. The molecular weight excluding hydrogens is 258 g/mol. The average molecular weight is 277 g/mol. The third kappa shape index (κ3) is 2.35. The molecule has 0 saturated heterocycles. The van der Waals surface area contributed by atoms with Gasteiger partial charge in [-0.25, -0.2) is 4.98 Å². The molecule has 1 saturated carbocycles. The lowest BCUT2D eigenvalue weighted by molar-refractivity contribution is 0.415. The number of rotatable bonds is 3. The number of pyridine rings is 1. The number of methoxy groups -OCH3 is 1. The smallest absolute Gasteiger partial charge is 0.121 e. The second kappa shape index (κ2) is 5.03. The molecule has 1 aromatic heterocycles. The van der Waals surface area contributed by atoms with Crippen LogP contribution in [-0.2, 0) is 0 Å². The van der Waals surface area contributed by atoms with E-state index in [-0.39, 0.29) is 0 Å². The minimum atomic E-state index is 0.724. The normalized spacial score (nSPS) is 17.9. The largest absolute Gasteiger partial charge is 0.497 e. The van der Waals surface area contributed by atoms with E-state index in [1.807, 2.05) is 6.07 Å². The summed E-state index contributed by atoms with van der Waals surface area (Å²) in [5.41, 5.74) is 5.02. The van der Waals surface area contributed by atoms with E-state index >= 15 is 0 Å². The number of hydrogen-bond acceptors (Lipinski definition) is 2. The maximum atomic E-state index is 5.36. The van der Waals surface area contributed by atoms with E-state index in [0.29, 0.717) is 0 Å². The van der Waals surface area contributed by atoms with Crippen molar-refractivity contribution in [2.75, 3.05) is 7.11 Å². The Morgan fingerprint density at radius 1 is 1.19 bits per heavy atom. The summed E-state index contributed by atoms with van der Waals surface area (Å²) in [6.45, 7) is 0. The molecule has 0 atom stereocenters. The van der Waals surface area contributed by atoms with Gasteiger partial charge >= 0.3 is 0 Å². The quantitative estimate of drug-likeness (QED) is 0.799. The van der Waals surface area contributed by atoms with Crippen molar-refractivity contribution >= 4 is 16.5 Å². The van der Waals surface area contributed by atoms with Crippen molar-refractivity contribution in [1.82, 2.24) is 4.98 Å². The van der Waals surface area contributed by atoms with Gasteiger partial charge in [0.05, 0.1) is 18.3 Å². The lowest BCUT2D eigenvalue weighted by atomic mass is 9.97. The third-order valence-corrected chi connectivity index (χ3v) is 4.41. The molecule has 2 nitrogen and oxygen atoms in total. The van der Waals surface area contributed by atoms with Crippen LogP contribution in [-0.4, -0.2) is 12.1 Å². The third-order valence-electron chi connectivity index (χ3n) is 4.41. The molecule has 1 heterocycles. The van der Waals surface area contributed by atoms with Crippen LogP contribution in [0.5, 0.6) is 5.75 Å². The van der Waals surface area contributed by atoms with Crippen molar-refractivity contribution in [1.29, 1.82) is 0 Å². The van der Waals surface area contributed by atoms with Crippen LogP contribution in [0.3, 0.4) is 0 Å². The van der Waals surface area contributed by atoms with Crippen LogP contribution in [0.25, 0.3) is 16.5 Å². The maximum Gasteiger partial charge on any atom is 0.121 e. The van der Waals surface area contributed by atoms with Crippen molar-refractivity contribution in [3.05, 3.63) is 53.8 Å². The van der Waals surface area contributed by atoms with Gasteiger partial charge in [0.2, 0.25) is 0 Å². The van der Waals surface area contributed by atoms with Gasteiger partial charge < -0.3 is 4.74 Å². The van der Waals surface area contributed by atoms with E-state index in [1.54, 1.807) is 7.11 Å². The number of ether oxygens (including phenoxy) is 1. The first kappa shape index (κ1) is 12.6. The van der Waals surface area contributed by atoms with Gasteiger partial charge in [-0.3, -0.25) is 0 Å². The van der Waals surface area contributed by atoms with Crippen LogP contribution in [0, 0.1) is 0 Å². The molecule has 1 aromatic carbocycles. The maximum absolute atomic E-state index is 5.36. The predicted octanol–water partition coefficient (Wildman–Crippen LogP) is 4.85. The van der Waals surface area contributed by atoms with Gasteiger partial charge in [0.1, 0.15) is 5.75 Å². The first-order valence-corrected chi connectivity index (χ1v) is 7.70. The molecule has 0 unspecified atom stereocenters. The molecule has 0 aliphatic heterocycles. The molecule has 0 N–H and O–H groups in total. The molecule has 0 bridgehead atoms. The molecule has 2 aliphatic carbocycles. The van der Waals surface area contributed by atoms with Crippen molar-refractivity contribution in [3.8, 4) is 5.75 Å². The van der Waals surface area contributed by atoms with Crippen LogP contribution >= 0.6 is 0 Å². The van der Waals surface area contributed by atoms with E-state index in [4.69, 9.17) is 9.72 Å². The van der Waals surface area contributed by atoms with Crippen molar-refractivity contribution in [3.63, 3.8) is 0 Å². The Kier molecular flexibility index (Phi) is 3.03. The molecule has 2 heteroatoms. The molecule has 0 amide bonds. The fourth-order valence-electron chi connectivity index (χ4n) is 3.07. The molecule has 21 heavy (non-hydrogen) atoms. The Labute approximate surface area is 125 Å². The molecule has 1 fully saturated rings. The van der Waals surface area contributed by atoms with Crippen LogP contribution < -0.4 is 4.74 Å². The number of nitrogens with zero attached hydrogens (tertiary/aromatic N) is 1. The molecule has 4 rings (SSSR count). The Morgan fingerprint density at radius 3 is 2.81 bits per heavy atom. The molecule has 0 radical (unpaired) electrons. The van der Waals surface area contributed by atoms with Gasteiger partial charge in [-0.2, -0.15) is 0 Å². The lowest BCUT2D eigenvalue weighted by Crippen LogP contribution is -1.97. The van der Waals surface area contributed by atoms with Crippen LogP contribution in [0.15, 0.2) is 42.5 Å². The minimum absolute atomic E-state index is 0.724. The van der Waals surface area contributed by atoms with E-state index in [9.17, 15) is 0 Å². The Balaban J connectivity index is 1.91. The van der Waals surface area contributed by atoms with Gasteiger partial charge in [-0.15, -0.1) is 0 Å². The van der Waals surface area contributed by atoms with Crippen LogP contribution in [0.2, 0.25) is 0 Å². The fourth-order valence-corrected chi connectivity index (χ4v) is 3.07. The molecule has 2 aliphatic rings. The van der Waals surface area contributed by atoms with Crippen LogP contribution in [0.4, 0.5) is 0 Å². The van der Waals surface area contributed by atoms with Gasteiger partial charge in [0.25, 0.3) is 0 Å². The van der Waals surface area contributed by atoms with E-state index in [2.05, 4.69) is 36.4 Å². The highest BCUT2D eigenvalue weighted by atomic mass is 16.5. The summed E-state index contributed by atoms with van der Waals surface area (Å²) < 4.78 is 5.36. The predicted molar refractivity (Wildman–Crippen MR) is 86.6 cm³/mol. The Morgan fingerprint density at radius 2 is 2.10 bits per heavy atom. The lowest BCUT2D eigenvalue weighted by Gasteiger charge is -2.13. The zero-order valence-electron chi connectivity index (χ0n) is 12.3. The fraction of sp³-hybridized carbons (Fsp3) is 0.316. The number of hydrogen-bond donors (Lipinski definition) is 0. The van der Waals surface area contributed by atoms with Crippen molar-refractivity contribution < 1.29 is 4.74 Å². The number of benzene rings is 1. The number of aromatic nitrogens is 1. The van der Waals surface area contributed by atoms with Gasteiger partial charge in [-0.05, 0) is 60.9 Å². The molecule has 0 spiro atoms. The second-order valence-corrected chi connectivity index (χ2v) is 5.91. The summed E-state index contributed by atoms with van der Waals surface area (Å²) in [7, 11) is 1.71. The average Bonchev–Trinajstić information content (AvgIpc) is 3.39.